The summed E-state index contributed by atoms with van der Waals surface area (Å²) in [5.41, 5.74) is -0.191. The molecule has 1 aliphatic heterocycles. The maximum atomic E-state index is 13.8. The minimum atomic E-state index is -0.554. The average Bonchev–Trinajstić information content (AvgIpc) is 2.48. The molecule has 7 heteroatoms. The molecule has 0 aromatic heterocycles. The van der Waals surface area contributed by atoms with Crippen molar-refractivity contribution in [1.29, 1.82) is 0 Å². The predicted octanol–water partition coefficient (Wildman–Crippen LogP) is 3.60. The molecule has 138 valence electrons. The van der Waals surface area contributed by atoms with Crippen LogP contribution in [0.15, 0.2) is 22.7 Å². The molecule has 0 N–H and O–H groups in total. The lowest BCUT2D eigenvalue weighted by molar-refractivity contribution is -0.133. The smallest absolute Gasteiger partial charge is 0.410 e. The van der Waals surface area contributed by atoms with Gasteiger partial charge in [-0.15, -0.1) is 0 Å². The fourth-order valence-corrected chi connectivity index (χ4v) is 3.14. The first kappa shape index (κ1) is 19.7. The van der Waals surface area contributed by atoms with Crippen molar-refractivity contribution in [2.45, 2.75) is 45.8 Å². The number of amides is 2. The molecule has 0 unspecified atom stereocenters. The molecule has 1 atom stereocenters. The molecule has 1 fully saturated rings. The van der Waals surface area contributed by atoms with Crippen LogP contribution in [-0.4, -0.2) is 53.1 Å². The Morgan fingerprint density at radius 1 is 1.32 bits per heavy atom. The second-order valence-corrected chi connectivity index (χ2v) is 8.19. The number of carbonyl (C=O) groups is 2. The van der Waals surface area contributed by atoms with Gasteiger partial charge in [-0.3, -0.25) is 4.79 Å². The number of piperazine rings is 1. The maximum absolute atomic E-state index is 13.8. The summed E-state index contributed by atoms with van der Waals surface area (Å²) in [5, 5.41) is 0. The predicted molar refractivity (Wildman–Crippen MR) is 96.8 cm³/mol. The van der Waals surface area contributed by atoms with Gasteiger partial charge in [0.05, 0.1) is 6.42 Å². The lowest BCUT2D eigenvalue weighted by Gasteiger charge is -2.40. The van der Waals surface area contributed by atoms with E-state index in [0.29, 0.717) is 25.2 Å². The molecule has 0 radical (unpaired) electrons. The standard InChI is InChI=1S/C18H24BrFN2O3/c1-12-11-21(7-8-22(12)17(24)25-18(2,3)4)16(23)10-13-9-14(19)5-6-15(13)20/h5-6,9,12H,7-8,10-11H2,1-4H3/t12-/m1/s1. The zero-order valence-corrected chi connectivity index (χ0v) is 16.6. The monoisotopic (exact) mass is 414 g/mol. The van der Waals surface area contributed by atoms with E-state index < -0.39 is 11.4 Å². The lowest BCUT2D eigenvalue weighted by Crippen LogP contribution is -2.56. The zero-order chi connectivity index (χ0) is 18.8. The number of hydrogen-bond donors (Lipinski definition) is 0. The Balaban J connectivity index is 1.97. The van der Waals surface area contributed by atoms with E-state index in [-0.39, 0.29) is 24.5 Å². The third-order valence-electron chi connectivity index (χ3n) is 3.96. The molecule has 1 heterocycles. The van der Waals surface area contributed by atoms with Crippen LogP contribution in [-0.2, 0) is 16.0 Å². The van der Waals surface area contributed by atoms with Crippen molar-refractivity contribution in [3.05, 3.63) is 34.1 Å². The van der Waals surface area contributed by atoms with Gasteiger partial charge >= 0.3 is 6.09 Å². The lowest BCUT2D eigenvalue weighted by atomic mass is 10.1. The van der Waals surface area contributed by atoms with E-state index in [4.69, 9.17) is 4.74 Å². The van der Waals surface area contributed by atoms with Gasteiger partial charge < -0.3 is 14.5 Å². The van der Waals surface area contributed by atoms with Crippen LogP contribution in [0.2, 0.25) is 0 Å². The van der Waals surface area contributed by atoms with Gasteiger partial charge in [-0.1, -0.05) is 15.9 Å². The van der Waals surface area contributed by atoms with Crippen molar-refractivity contribution >= 4 is 27.9 Å². The molecule has 2 amide bonds. The summed E-state index contributed by atoms with van der Waals surface area (Å²) in [6.07, 6.45) is -0.366. The van der Waals surface area contributed by atoms with Crippen LogP contribution in [0, 0.1) is 5.82 Å². The van der Waals surface area contributed by atoms with Crippen molar-refractivity contribution in [3.63, 3.8) is 0 Å². The highest BCUT2D eigenvalue weighted by molar-refractivity contribution is 9.10. The van der Waals surface area contributed by atoms with Crippen LogP contribution in [0.4, 0.5) is 9.18 Å². The van der Waals surface area contributed by atoms with Gasteiger partial charge in [-0.2, -0.15) is 0 Å². The van der Waals surface area contributed by atoms with Crippen LogP contribution < -0.4 is 0 Å². The second-order valence-electron chi connectivity index (χ2n) is 7.28. The van der Waals surface area contributed by atoms with Gasteiger partial charge in [-0.05, 0) is 51.5 Å². The summed E-state index contributed by atoms with van der Waals surface area (Å²) in [5.74, 6) is -0.537. The summed E-state index contributed by atoms with van der Waals surface area (Å²) in [6, 6.07) is 4.41. The van der Waals surface area contributed by atoms with E-state index in [0.717, 1.165) is 4.47 Å². The summed E-state index contributed by atoms with van der Waals surface area (Å²) < 4.78 is 20.0. The van der Waals surface area contributed by atoms with Crippen molar-refractivity contribution < 1.29 is 18.7 Å². The van der Waals surface area contributed by atoms with E-state index in [1.54, 1.807) is 21.9 Å². The van der Waals surface area contributed by atoms with Crippen molar-refractivity contribution in [2.75, 3.05) is 19.6 Å². The normalized spacial score (nSPS) is 18.2. The van der Waals surface area contributed by atoms with Crippen LogP contribution in [0.3, 0.4) is 0 Å². The van der Waals surface area contributed by atoms with E-state index >= 15 is 0 Å². The molecule has 1 aromatic carbocycles. The van der Waals surface area contributed by atoms with E-state index in [1.807, 2.05) is 27.7 Å². The molecule has 1 aliphatic rings. The van der Waals surface area contributed by atoms with Crippen molar-refractivity contribution in [2.24, 2.45) is 0 Å². The maximum Gasteiger partial charge on any atom is 0.410 e. The Morgan fingerprint density at radius 3 is 2.60 bits per heavy atom. The molecule has 25 heavy (non-hydrogen) atoms. The van der Waals surface area contributed by atoms with E-state index in [2.05, 4.69) is 15.9 Å². The van der Waals surface area contributed by atoms with Gasteiger partial charge in [-0.25, -0.2) is 9.18 Å². The highest BCUT2D eigenvalue weighted by atomic mass is 79.9. The quantitative estimate of drug-likeness (QED) is 0.742. The third-order valence-corrected chi connectivity index (χ3v) is 4.45. The van der Waals surface area contributed by atoms with Gasteiger partial charge in [0.15, 0.2) is 0 Å². The van der Waals surface area contributed by atoms with Gasteiger partial charge in [0.2, 0.25) is 5.91 Å². The molecule has 0 spiro atoms. The van der Waals surface area contributed by atoms with Crippen molar-refractivity contribution in [1.82, 2.24) is 9.80 Å². The first-order chi connectivity index (χ1) is 11.6. The zero-order valence-electron chi connectivity index (χ0n) is 15.0. The SMILES string of the molecule is C[C@@H]1CN(C(=O)Cc2cc(Br)ccc2F)CCN1C(=O)OC(C)(C)C. The summed E-state index contributed by atoms with van der Waals surface area (Å²) in [6.45, 7) is 8.57. The first-order valence-corrected chi connectivity index (χ1v) is 9.07. The molecule has 1 saturated heterocycles. The molecular weight excluding hydrogens is 391 g/mol. The fraction of sp³-hybridized carbons (Fsp3) is 0.556. The molecule has 2 rings (SSSR count). The Bertz CT molecular complexity index is 660. The number of hydrogen-bond acceptors (Lipinski definition) is 3. The number of carbonyl (C=O) groups excluding carboxylic acids is 2. The van der Waals surface area contributed by atoms with Gasteiger partial charge in [0, 0.05) is 30.1 Å². The molecule has 0 saturated carbocycles. The summed E-state index contributed by atoms with van der Waals surface area (Å²) in [4.78, 5) is 28.0. The summed E-state index contributed by atoms with van der Waals surface area (Å²) >= 11 is 3.29. The largest absolute Gasteiger partial charge is 0.444 e. The van der Waals surface area contributed by atoms with Crippen LogP contribution in [0.5, 0.6) is 0 Å². The molecule has 0 aliphatic carbocycles. The third kappa shape index (κ3) is 5.42. The Labute approximate surface area is 156 Å². The minimum absolute atomic E-state index is 0.00440. The number of nitrogens with zero attached hydrogens (tertiary/aromatic N) is 2. The molecule has 0 bridgehead atoms. The van der Waals surface area contributed by atoms with Crippen molar-refractivity contribution in [3.8, 4) is 0 Å². The highest BCUT2D eigenvalue weighted by Crippen LogP contribution is 2.19. The first-order valence-electron chi connectivity index (χ1n) is 8.28. The van der Waals surface area contributed by atoms with Gasteiger partial charge in [0.1, 0.15) is 11.4 Å². The van der Waals surface area contributed by atoms with Crippen LogP contribution >= 0.6 is 15.9 Å². The van der Waals surface area contributed by atoms with Gasteiger partial charge in [0.25, 0.3) is 0 Å². The Morgan fingerprint density at radius 2 is 2.00 bits per heavy atom. The van der Waals surface area contributed by atoms with E-state index in [9.17, 15) is 14.0 Å². The van der Waals surface area contributed by atoms with E-state index in [1.165, 1.54) is 6.07 Å². The Kier molecular flexibility index (Phi) is 6.08. The Hall–Kier alpha value is -1.63. The number of rotatable bonds is 2. The number of halogens is 2. The summed E-state index contributed by atoms with van der Waals surface area (Å²) in [7, 11) is 0. The second kappa shape index (κ2) is 7.72. The fourth-order valence-electron chi connectivity index (χ4n) is 2.73. The molecule has 1 aromatic rings. The minimum Gasteiger partial charge on any atom is -0.444 e. The van der Waals surface area contributed by atoms with Crippen LogP contribution in [0.25, 0.3) is 0 Å². The topological polar surface area (TPSA) is 49.9 Å². The molecule has 5 nitrogen and oxygen atoms in total. The van der Waals surface area contributed by atoms with Crippen LogP contribution in [0.1, 0.15) is 33.3 Å². The highest BCUT2D eigenvalue weighted by Gasteiger charge is 2.32. The number of benzene rings is 1. The molecular formula is C18H24BrFN2O3. The number of ether oxygens (including phenoxy) is 1. The average molecular weight is 415 g/mol.